The maximum absolute atomic E-state index is 12.2. The van der Waals surface area contributed by atoms with E-state index in [9.17, 15) is 4.79 Å². The first-order valence-electron chi connectivity index (χ1n) is 7.91. The number of benzene rings is 1. The van der Waals surface area contributed by atoms with Crippen LogP contribution in [0.1, 0.15) is 31.7 Å². The fourth-order valence-corrected chi connectivity index (χ4v) is 3.37. The van der Waals surface area contributed by atoms with E-state index in [0.29, 0.717) is 24.7 Å². The molecule has 23 heavy (non-hydrogen) atoms. The van der Waals surface area contributed by atoms with Gasteiger partial charge in [-0.3, -0.25) is 9.69 Å². The van der Waals surface area contributed by atoms with Crippen LogP contribution in [-0.4, -0.2) is 44.3 Å². The molecule has 128 valence electrons. The largest absolute Gasteiger partial charge is 0.493 e. The molecule has 0 spiro atoms. The third-order valence-corrected chi connectivity index (χ3v) is 4.84. The molecule has 1 aliphatic rings. The van der Waals surface area contributed by atoms with Crippen molar-refractivity contribution in [1.29, 1.82) is 0 Å². The Labute approximate surface area is 146 Å². The van der Waals surface area contributed by atoms with Crippen molar-refractivity contribution in [2.45, 2.75) is 38.8 Å². The first-order chi connectivity index (χ1) is 11.1. The highest BCUT2D eigenvalue weighted by atomic mass is 79.9. The molecule has 0 bridgehead atoms. The van der Waals surface area contributed by atoms with Crippen molar-refractivity contribution in [1.82, 2.24) is 4.90 Å². The molecule has 0 aromatic heterocycles. The lowest BCUT2D eigenvalue weighted by Gasteiger charge is -2.34. The van der Waals surface area contributed by atoms with Gasteiger partial charge in [0.1, 0.15) is 6.04 Å². The Balaban J connectivity index is 2.20. The van der Waals surface area contributed by atoms with E-state index in [4.69, 9.17) is 14.2 Å². The standard InChI is InChI=1S/C17H24BrNO4/c1-4-23-17(20)14-7-5-6-8-19(14)11-12-9-15(21-2)16(22-3)10-13(12)18/h9-10,14H,4-8,11H2,1-3H3. The molecule has 0 N–H and O–H groups in total. The number of halogens is 1. The zero-order valence-electron chi connectivity index (χ0n) is 13.9. The van der Waals surface area contributed by atoms with Gasteiger partial charge in [-0.2, -0.15) is 0 Å². The number of likely N-dealkylation sites (tertiary alicyclic amines) is 1. The second-order valence-electron chi connectivity index (χ2n) is 5.53. The number of esters is 1. The van der Waals surface area contributed by atoms with Gasteiger partial charge < -0.3 is 14.2 Å². The normalized spacial score (nSPS) is 18.5. The van der Waals surface area contributed by atoms with E-state index in [1.54, 1.807) is 14.2 Å². The van der Waals surface area contributed by atoms with E-state index in [1.807, 2.05) is 19.1 Å². The van der Waals surface area contributed by atoms with Crippen LogP contribution in [-0.2, 0) is 16.1 Å². The number of hydrogen-bond donors (Lipinski definition) is 0. The lowest BCUT2D eigenvalue weighted by Crippen LogP contribution is -2.45. The summed E-state index contributed by atoms with van der Waals surface area (Å²) in [4.78, 5) is 14.4. The summed E-state index contributed by atoms with van der Waals surface area (Å²) in [5.41, 5.74) is 1.07. The summed E-state index contributed by atoms with van der Waals surface area (Å²) in [6, 6.07) is 3.70. The summed E-state index contributed by atoms with van der Waals surface area (Å²) in [7, 11) is 3.24. The highest BCUT2D eigenvalue weighted by Crippen LogP contribution is 2.34. The van der Waals surface area contributed by atoms with Crippen molar-refractivity contribution < 1.29 is 19.0 Å². The molecule has 5 nitrogen and oxygen atoms in total. The topological polar surface area (TPSA) is 48.0 Å². The number of carbonyl (C=O) groups is 1. The first kappa shape index (κ1) is 18.1. The van der Waals surface area contributed by atoms with Crippen LogP contribution in [0.15, 0.2) is 16.6 Å². The van der Waals surface area contributed by atoms with Gasteiger partial charge in [-0.1, -0.05) is 22.4 Å². The van der Waals surface area contributed by atoms with Gasteiger partial charge in [0.05, 0.1) is 20.8 Å². The molecule has 0 saturated carbocycles. The summed E-state index contributed by atoms with van der Waals surface area (Å²) >= 11 is 3.59. The minimum absolute atomic E-state index is 0.121. The van der Waals surface area contributed by atoms with Gasteiger partial charge in [-0.15, -0.1) is 0 Å². The van der Waals surface area contributed by atoms with Crippen molar-refractivity contribution in [3.63, 3.8) is 0 Å². The molecule has 1 atom stereocenters. The van der Waals surface area contributed by atoms with Crippen molar-refractivity contribution in [3.05, 3.63) is 22.2 Å². The van der Waals surface area contributed by atoms with E-state index in [0.717, 1.165) is 35.8 Å². The lowest BCUT2D eigenvalue weighted by molar-refractivity contribution is -0.151. The third kappa shape index (κ3) is 4.38. The van der Waals surface area contributed by atoms with Crippen molar-refractivity contribution in [2.75, 3.05) is 27.4 Å². The number of methoxy groups -OCH3 is 2. The summed E-state index contributed by atoms with van der Waals surface area (Å²) in [5.74, 6) is 1.25. The van der Waals surface area contributed by atoms with Gasteiger partial charge in [-0.05, 0) is 44.0 Å². The number of rotatable bonds is 6. The van der Waals surface area contributed by atoms with Crippen LogP contribution in [0.25, 0.3) is 0 Å². The van der Waals surface area contributed by atoms with Crippen LogP contribution in [0.5, 0.6) is 11.5 Å². The van der Waals surface area contributed by atoms with Crippen LogP contribution in [0, 0.1) is 0 Å². The van der Waals surface area contributed by atoms with Crippen LogP contribution in [0.2, 0.25) is 0 Å². The van der Waals surface area contributed by atoms with Crippen molar-refractivity contribution in [3.8, 4) is 11.5 Å². The van der Waals surface area contributed by atoms with E-state index in [2.05, 4.69) is 20.8 Å². The van der Waals surface area contributed by atoms with Crippen LogP contribution < -0.4 is 9.47 Å². The predicted molar refractivity (Wildman–Crippen MR) is 91.9 cm³/mol. The van der Waals surface area contributed by atoms with Crippen LogP contribution in [0.3, 0.4) is 0 Å². The van der Waals surface area contributed by atoms with Crippen LogP contribution in [0.4, 0.5) is 0 Å². The predicted octanol–water partition coefficient (Wildman–Crippen LogP) is 3.38. The number of carbonyl (C=O) groups excluding carboxylic acids is 1. The molecule has 2 rings (SSSR count). The Morgan fingerprint density at radius 3 is 2.61 bits per heavy atom. The number of nitrogens with zero attached hydrogens (tertiary/aromatic N) is 1. The average molecular weight is 386 g/mol. The van der Waals surface area contributed by atoms with Gasteiger partial charge in [0.15, 0.2) is 11.5 Å². The molecule has 0 amide bonds. The molecule has 1 fully saturated rings. The maximum atomic E-state index is 12.2. The molecule has 1 saturated heterocycles. The molecule has 1 heterocycles. The van der Waals surface area contributed by atoms with E-state index < -0.39 is 0 Å². The number of hydrogen-bond acceptors (Lipinski definition) is 5. The fraction of sp³-hybridized carbons (Fsp3) is 0.588. The Hall–Kier alpha value is -1.27. The Kier molecular flexibility index (Phi) is 6.72. The van der Waals surface area contributed by atoms with Crippen molar-refractivity contribution in [2.24, 2.45) is 0 Å². The van der Waals surface area contributed by atoms with Gasteiger partial charge >= 0.3 is 5.97 Å². The summed E-state index contributed by atoms with van der Waals surface area (Å²) in [6.07, 6.45) is 3.01. The molecule has 0 radical (unpaired) electrons. The average Bonchev–Trinajstić information content (AvgIpc) is 2.57. The minimum atomic E-state index is -0.163. The van der Waals surface area contributed by atoms with Crippen LogP contribution >= 0.6 is 15.9 Å². The zero-order chi connectivity index (χ0) is 16.8. The zero-order valence-corrected chi connectivity index (χ0v) is 15.5. The maximum Gasteiger partial charge on any atom is 0.323 e. The highest BCUT2D eigenvalue weighted by Gasteiger charge is 2.30. The SMILES string of the molecule is CCOC(=O)C1CCCCN1Cc1cc(OC)c(OC)cc1Br. The minimum Gasteiger partial charge on any atom is -0.493 e. The van der Waals surface area contributed by atoms with E-state index in [1.165, 1.54) is 0 Å². The molecule has 1 unspecified atom stereocenters. The second-order valence-corrected chi connectivity index (χ2v) is 6.39. The van der Waals surface area contributed by atoms with Gasteiger partial charge in [0.25, 0.3) is 0 Å². The molecular weight excluding hydrogens is 362 g/mol. The fourth-order valence-electron chi connectivity index (χ4n) is 2.92. The van der Waals surface area contributed by atoms with Gasteiger partial charge in [-0.25, -0.2) is 0 Å². The number of ether oxygens (including phenoxy) is 3. The Morgan fingerprint density at radius 1 is 1.26 bits per heavy atom. The van der Waals surface area contributed by atoms with Gasteiger partial charge in [0, 0.05) is 11.0 Å². The molecule has 0 aliphatic carbocycles. The second kappa shape index (κ2) is 8.55. The molecule has 1 aromatic carbocycles. The molecule has 1 aromatic rings. The van der Waals surface area contributed by atoms with Gasteiger partial charge in [0.2, 0.25) is 0 Å². The van der Waals surface area contributed by atoms with Crippen molar-refractivity contribution >= 4 is 21.9 Å². The number of piperidine rings is 1. The molecule has 1 aliphatic heterocycles. The summed E-state index contributed by atoms with van der Waals surface area (Å²) in [5, 5.41) is 0. The Bertz CT molecular complexity index is 550. The first-order valence-corrected chi connectivity index (χ1v) is 8.71. The monoisotopic (exact) mass is 385 g/mol. The summed E-state index contributed by atoms with van der Waals surface area (Å²) < 4.78 is 16.9. The van der Waals surface area contributed by atoms with E-state index >= 15 is 0 Å². The highest BCUT2D eigenvalue weighted by molar-refractivity contribution is 9.10. The smallest absolute Gasteiger partial charge is 0.323 e. The molecule has 6 heteroatoms. The quantitative estimate of drug-likeness (QED) is 0.702. The van der Waals surface area contributed by atoms with E-state index in [-0.39, 0.29) is 12.0 Å². The summed E-state index contributed by atoms with van der Waals surface area (Å²) in [6.45, 7) is 3.83. The third-order valence-electron chi connectivity index (χ3n) is 4.10. The lowest BCUT2D eigenvalue weighted by atomic mass is 10.0. The molecular formula is C17H24BrNO4. The Morgan fingerprint density at radius 2 is 1.96 bits per heavy atom.